The molecule has 1 aromatic heterocycles. The van der Waals surface area contributed by atoms with Crippen LogP contribution in [0, 0.1) is 0 Å². The lowest BCUT2D eigenvalue weighted by Gasteiger charge is -2.31. The average molecular weight is 292 g/mol. The first-order valence-corrected chi connectivity index (χ1v) is 8.33. The Morgan fingerprint density at radius 3 is 2.67 bits per heavy atom. The summed E-state index contributed by atoms with van der Waals surface area (Å²) in [5.41, 5.74) is 5.64. The van der Waals surface area contributed by atoms with Crippen LogP contribution in [0.15, 0.2) is 22.8 Å². The molecule has 1 fully saturated rings. The Balaban J connectivity index is 1.91. The van der Waals surface area contributed by atoms with E-state index in [0.717, 1.165) is 31.6 Å². The lowest BCUT2D eigenvalue weighted by molar-refractivity contribution is -0.133. The van der Waals surface area contributed by atoms with Gasteiger partial charge in [0.05, 0.1) is 6.26 Å². The topological polar surface area (TPSA) is 59.5 Å². The molecule has 118 valence electrons. The maximum absolute atomic E-state index is 12.6. The Morgan fingerprint density at radius 1 is 1.29 bits per heavy atom. The van der Waals surface area contributed by atoms with Gasteiger partial charge in [0.25, 0.3) is 0 Å². The molecule has 21 heavy (non-hydrogen) atoms. The summed E-state index contributed by atoms with van der Waals surface area (Å²) in [5, 5.41) is 0. The van der Waals surface area contributed by atoms with Gasteiger partial charge in [0.15, 0.2) is 0 Å². The highest BCUT2D eigenvalue weighted by atomic mass is 16.3. The highest BCUT2D eigenvalue weighted by Crippen LogP contribution is 2.23. The summed E-state index contributed by atoms with van der Waals surface area (Å²) < 4.78 is 5.32. The molecule has 2 N–H and O–H groups in total. The van der Waals surface area contributed by atoms with Crippen molar-refractivity contribution in [1.29, 1.82) is 0 Å². The van der Waals surface area contributed by atoms with E-state index in [-0.39, 0.29) is 5.91 Å². The predicted octanol–water partition coefficient (Wildman–Crippen LogP) is 3.11. The van der Waals surface area contributed by atoms with E-state index < -0.39 is 0 Å². The molecule has 1 heterocycles. The first kappa shape index (κ1) is 16.1. The van der Waals surface area contributed by atoms with Crippen LogP contribution in [0.25, 0.3) is 0 Å². The first-order valence-electron chi connectivity index (χ1n) is 8.33. The third kappa shape index (κ3) is 5.20. The van der Waals surface area contributed by atoms with E-state index in [0.29, 0.717) is 25.4 Å². The fraction of sp³-hybridized carbons (Fsp3) is 0.706. The summed E-state index contributed by atoms with van der Waals surface area (Å²) in [4.78, 5) is 14.7. The van der Waals surface area contributed by atoms with Gasteiger partial charge in [0.1, 0.15) is 5.76 Å². The molecule has 0 saturated heterocycles. The van der Waals surface area contributed by atoms with Gasteiger partial charge in [-0.3, -0.25) is 4.79 Å². The normalized spacial score (nSPS) is 16.6. The van der Waals surface area contributed by atoms with E-state index in [2.05, 4.69) is 4.90 Å². The van der Waals surface area contributed by atoms with Crippen LogP contribution in [0.5, 0.6) is 0 Å². The highest BCUT2D eigenvalue weighted by Gasteiger charge is 2.24. The van der Waals surface area contributed by atoms with E-state index in [1.165, 1.54) is 25.7 Å². The summed E-state index contributed by atoms with van der Waals surface area (Å²) in [6, 6.07) is 4.23. The molecule has 1 aliphatic carbocycles. The molecule has 1 aromatic rings. The Bertz CT molecular complexity index is 395. The van der Waals surface area contributed by atoms with Crippen LogP contribution in [0.2, 0.25) is 0 Å². The van der Waals surface area contributed by atoms with Crippen LogP contribution >= 0.6 is 0 Å². The molecule has 0 bridgehead atoms. The number of amides is 1. The molecule has 1 aliphatic rings. The third-order valence-electron chi connectivity index (χ3n) is 4.35. The highest BCUT2D eigenvalue weighted by molar-refractivity contribution is 5.76. The number of rotatable bonds is 7. The van der Waals surface area contributed by atoms with Gasteiger partial charge >= 0.3 is 0 Å². The molecule has 1 amide bonds. The molecule has 0 spiro atoms. The van der Waals surface area contributed by atoms with Gasteiger partial charge < -0.3 is 15.1 Å². The van der Waals surface area contributed by atoms with E-state index >= 15 is 0 Å². The summed E-state index contributed by atoms with van der Waals surface area (Å²) >= 11 is 0. The van der Waals surface area contributed by atoms with Crippen LogP contribution in [-0.4, -0.2) is 29.9 Å². The molecule has 0 radical (unpaired) electrons. The van der Waals surface area contributed by atoms with Crippen molar-refractivity contribution in [2.45, 2.75) is 63.8 Å². The maximum Gasteiger partial charge on any atom is 0.223 e. The second-order valence-electron chi connectivity index (χ2n) is 5.95. The summed E-state index contributed by atoms with van der Waals surface area (Å²) in [5.74, 6) is 1.15. The second kappa shape index (κ2) is 8.88. The van der Waals surface area contributed by atoms with Crippen LogP contribution in [0.1, 0.15) is 57.1 Å². The predicted molar refractivity (Wildman–Crippen MR) is 83.9 cm³/mol. The third-order valence-corrected chi connectivity index (χ3v) is 4.35. The average Bonchev–Trinajstić information content (AvgIpc) is 2.88. The fourth-order valence-electron chi connectivity index (χ4n) is 3.17. The van der Waals surface area contributed by atoms with Crippen molar-refractivity contribution in [1.82, 2.24) is 4.90 Å². The molecule has 4 heteroatoms. The number of carbonyl (C=O) groups is 1. The molecule has 0 aliphatic heterocycles. The van der Waals surface area contributed by atoms with Crippen molar-refractivity contribution in [3.8, 4) is 0 Å². The second-order valence-corrected chi connectivity index (χ2v) is 5.95. The van der Waals surface area contributed by atoms with E-state index in [9.17, 15) is 4.79 Å². The van der Waals surface area contributed by atoms with Gasteiger partial charge in [-0.2, -0.15) is 0 Å². The minimum atomic E-state index is 0.256. The SMILES string of the molecule is NCCCN(C(=O)CCc1ccco1)C1CCCCCC1. The number of nitrogens with zero attached hydrogens (tertiary/aromatic N) is 1. The number of hydrogen-bond acceptors (Lipinski definition) is 3. The van der Waals surface area contributed by atoms with Crippen LogP contribution in [-0.2, 0) is 11.2 Å². The minimum Gasteiger partial charge on any atom is -0.469 e. The Kier molecular flexibility index (Phi) is 6.80. The Labute approximate surface area is 127 Å². The molecule has 0 unspecified atom stereocenters. The van der Waals surface area contributed by atoms with Gasteiger partial charge in [-0.1, -0.05) is 25.7 Å². The van der Waals surface area contributed by atoms with Gasteiger partial charge in [0.2, 0.25) is 5.91 Å². The molecule has 4 nitrogen and oxygen atoms in total. The lowest BCUT2D eigenvalue weighted by atomic mass is 10.1. The number of hydrogen-bond donors (Lipinski definition) is 1. The lowest BCUT2D eigenvalue weighted by Crippen LogP contribution is -2.41. The molecule has 0 atom stereocenters. The van der Waals surface area contributed by atoms with Crippen molar-refractivity contribution in [3.63, 3.8) is 0 Å². The van der Waals surface area contributed by atoms with Gasteiger partial charge in [-0.25, -0.2) is 0 Å². The van der Waals surface area contributed by atoms with Gasteiger partial charge in [0, 0.05) is 25.4 Å². The molecule has 1 saturated carbocycles. The molecular formula is C17H28N2O2. The van der Waals surface area contributed by atoms with Crippen LogP contribution in [0.4, 0.5) is 0 Å². The van der Waals surface area contributed by atoms with Crippen molar-refractivity contribution < 1.29 is 9.21 Å². The summed E-state index contributed by atoms with van der Waals surface area (Å²) in [6.45, 7) is 1.45. The van der Waals surface area contributed by atoms with E-state index in [4.69, 9.17) is 10.2 Å². The van der Waals surface area contributed by atoms with E-state index in [1.807, 2.05) is 12.1 Å². The minimum absolute atomic E-state index is 0.256. The number of aryl methyl sites for hydroxylation is 1. The quantitative estimate of drug-likeness (QED) is 0.786. The zero-order valence-corrected chi connectivity index (χ0v) is 12.9. The zero-order chi connectivity index (χ0) is 14.9. The van der Waals surface area contributed by atoms with E-state index in [1.54, 1.807) is 6.26 Å². The smallest absolute Gasteiger partial charge is 0.223 e. The van der Waals surface area contributed by atoms with Crippen LogP contribution in [0.3, 0.4) is 0 Å². The summed E-state index contributed by atoms with van der Waals surface area (Å²) in [6.07, 6.45) is 11.2. The Morgan fingerprint density at radius 2 is 2.05 bits per heavy atom. The number of carbonyl (C=O) groups excluding carboxylic acids is 1. The number of nitrogens with two attached hydrogens (primary N) is 1. The fourth-order valence-corrected chi connectivity index (χ4v) is 3.17. The number of furan rings is 1. The van der Waals surface area contributed by atoms with Crippen molar-refractivity contribution >= 4 is 5.91 Å². The first-order chi connectivity index (χ1) is 10.3. The summed E-state index contributed by atoms with van der Waals surface area (Å²) in [7, 11) is 0. The van der Waals surface area contributed by atoms with Gasteiger partial charge in [-0.05, 0) is 37.9 Å². The molecular weight excluding hydrogens is 264 g/mol. The molecule has 2 rings (SSSR count). The molecule has 0 aromatic carbocycles. The Hall–Kier alpha value is -1.29. The van der Waals surface area contributed by atoms with Gasteiger partial charge in [-0.15, -0.1) is 0 Å². The van der Waals surface area contributed by atoms with Crippen molar-refractivity contribution in [2.75, 3.05) is 13.1 Å². The standard InChI is InChI=1S/C17H28N2O2/c18-12-6-13-19(15-7-3-1-2-4-8-15)17(20)11-10-16-9-5-14-21-16/h5,9,14-15H,1-4,6-8,10-13,18H2. The van der Waals surface area contributed by atoms with Crippen molar-refractivity contribution in [3.05, 3.63) is 24.2 Å². The zero-order valence-electron chi connectivity index (χ0n) is 12.9. The maximum atomic E-state index is 12.6. The monoisotopic (exact) mass is 292 g/mol. The van der Waals surface area contributed by atoms with Crippen LogP contribution < -0.4 is 5.73 Å². The van der Waals surface area contributed by atoms with Crippen molar-refractivity contribution in [2.24, 2.45) is 5.73 Å². The largest absolute Gasteiger partial charge is 0.469 e.